The smallest absolute Gasteiger partial charge is 0.279 e. The third-order valence-electron chi connectivity index (χ3n) is 4.53. The summed E-state index contributed by atoms with van der Waals surface area (Å²) in [4.78, 5) is 9.96. The van der Waals surface area contributed by atoms with E-state index in [-0.39, 0.29) is 12.2 Å². The third-order valence-corrected chi connectivity index (χ3v) is 6.80. The van der Waals surface area contributed by atoms with Crippen LogP contribution >= 0.6 is 0 Å². The van der Waals surface area contributed by atoms with Crippen LogP contribution in [0, 0.1) is 0 Å². The van der Waals surface area contributed by atoms with Gasteiger partial charge in [-0.2, -0.15) is 0 Å². The fourth-order valence-electron chi connectivity index (χ4n) is 2.91. The van der Waals surface area contributed by atoms with Crippen LogP contribution in [0.4, 0.5) is 0 Å². The second kappa shape index (κ2) is 11.3. The SMILES string of the molecule is CCCCCCCCS(=O)(=O)C(N)(Cc1ccccc1OCC)C(=O)NO. The van der Waals surface area contributed by atoms with Crippen molar-refractivity contribution in [1.29, 1.82) is 0 Å². The average Bonchev–Trinajstić information content (AvgIpc) is 2.65. The molecule has 1 rings (SSSR count). The number of amides is 1. The summed E-state index contributed by atoms with van der Waals surface area (Å²) in [5.41, 5.74) is 7.99. The number of hydrogen-bond acceptors (Lipinski definition) is 6. The molecule has 8 heteroatoms. The van der Waals surface area contributed by atoms with Gasteiger partial charge in [0.1, 0.15) is 5.75 Å². The van der Waals surface area contributed by atoms with Gasteiger partial charge in [-0.3, -0.25) is 10.0 Å². The lowest BCUT2D eigenvalue weighted by Gasteiger charge is -2.27. The fraction of sp³-hybridized carbons (Fsp3) is 0.632. The summed E-state index contributed by atoms with van der Waals surface area (Å²) >= 11 is 0. The molecular formula is C19H32N2O5S. The maximum Gasteiger partial charge on any atom is 0.279 e. The summed E-state index contributed by atoms with van der Waals surface area (Å²) in [6, 6.07) is 6.83. The van der Waals surface area contributed by atoms with Crippen LogP contribution in [0.15, 0.2) is 24.3 Å². The summed E-state index contributed by atoms with van der Waals surface area (Å²) in [7, 11) is -4.01. The second-order valence-electron chi connectivity index (χ2n) is 6.63. The molecule has 4 N–H and O–H groups in total. The lowest BCUT2D eigenvalue weighted by atomic mass is 10.0. The molecule has 0 saturated carbocycles. The van der Waals surface area contributed by atoms with E-state index in [0.29, 0.717) is 24.3 Å². The highest BCUT2D eigenvalue weighted by Crippen LogP contribution is 2.26. The second-order valence-corrected chi connectivity index (χ2v) is 9.00. The molecule has 1 aromatic carbocycles. The Kier molecular flexibility index (Phi) is 9.76. The molecule has 0 aliphatic rings. The minimum absolute atomic E-state index is 0.208. The van der Waals surface area contributed by atoms with Crippen LogP contribution in [-0.4, -0.2) is 36.8 Å². The van der Waals surface area contributed by atoms with Gasteiger partial charge >= 0.3 is 0 Å². The number of hydrogen-bond donors (Lipinski definition) is 3. The zero-order valence-electron chi connectivity index (χ0n) is 16.2. The van der Waals surface area contributed by atoms with Crippen LogP contribution in [0.3, 0.4) is 0 Å². The highest BCUT2D eigenvalue weighted by atomic mass is 32.2. The molecule has 0 spiro atoms. The summed E-state index contributed by atoms with van der Waals surface area (Å²) in [5, 5.41) is 9.08. The molecule has 154 valence electrons. The van der Waals surface area contributed by atoms with E-state index in [0.717, 1.165) is 32.1 Å². The van der Waals surface area contributed by atoms with E-state index in [2.05, 4.69) is 6.92 Å². The predicted molar refractivity (Wildman–Crippen MR) is 105 cm³/mol. The summed E-state index contributed by atoms with van der Waals surface area (Å²) in [6.07, 6.45) is 5.13. The summed E-state index contributed by atoms with van der Waals surface area (Å²) < 4.78 is 31.3. The topological polar surface area (TPSA) is 119 Å². The van der Waals surface area contributed by atoms with Crippen molar-refractivity contribution < 1.29 is 23.2 Å². The zero-order chi connectivity index (χ0) is 20.3. The maximum atomic E-state index is 12.9. The molecule has 0 fully saturated rings. The van der Waals surface area contributed by atoms with Crippen LogP contribution in [0.25, 0.3) is 0 Å². The van der Waals surface area contributed by atoms with Crippen molar-refractivity contribution in [2.24, 2.45) is 5.73 Å². The van der Waals surface area contributed by atoms with E-state index < -0.39 is 20.6 Å². The number of carbonyl (C=O) groups is 1. The van der Waals surface area contributed by atoms with Crippen molar-refractivity contribution in [2.75, 3.05) is 12.4 Å². The first-order valence-corrected chi connectivity index (χ1v) is 11.1. The molecule has 1 amide bonds. The Bertz CT molecular complexity index is 693. The molecule has 7 nitrogen and oxygen atoms in total. The van der Waals surface area contributed by atoms with Gasteiger partial charge in [0.25, 0.3) is 5.91 Å². The van der Waals surface area contributed by atoms with Gasteiger partial charge in [0.05, 0.1) is 12.4 Å². The van der Waals surface area contributed by atoms with Crippen molar-refractivity contribution >= 4 is 15.7 Å². The molecule has 27 heavy (non-hydrogen) atoms. The minimum Gasteiger partial charge on any atom is -0.494 e. The highest BCUT2D eigenvalue weighted by Gasteiger charge is 2.47. The Morgan fingerprint density at radius 3 is 2.41 bits per heavy atom. The zero-order valence-corrected chi connectivity index (χ0v) is 17.1. The first-order valence-electron chi connectivity index (χ1n) is 9.48. The largest absolute Gasteiger partial charge is 0.494 e. The van der Waals surface area contributed by atoms with E-state index in [4.69, 9.17) is 15.7 Å². The van der Waals surface area contributed by atoms with Gasteiger partial charge in [-0.15, -0.1) is 0 Å². The molecule has 0 saturated heterocycles. The van der Waals surface area contributed by atoms with Gasteiger partial charge in [-0.25, -0.2) is 13.9 Å². The van der Waals surface area contributed by atoms with Crippen LogP contribution in [0.5, 0.6) is 5.75 Å². The lowest BCUT2D eigenvalue weighted by Crippen LogP contribution is -2.61. The third kappa shape index (κ3) is 6.48. The van der Waals surface area contributed by atoms with Gasteiger partial charge in [0, 0.05) is 6.42 Å². The lowest BCUT2D eigenvalue weighted by molar-refractivity contribution is -0.131. The number of unbranched alkanes of at least 4 members (excludes halogenated alkanes) is 5. The highest BCUT2D eigenvalue weighted by molar-refractivity contribution is 7.93. The average molecular weight is 401 g/mol. The van der Waals surface area contributed by atoms with Crippen molar-refractivity contribution in [2.45, 2.75) is 63.7 Å². The summed E-state index contributed by atoms with van der Waals surface area (Å²) in [5.74, 6) is -0.880. The number of nitrogens with one attached hydrogen (secondary N) is 1. The minimum atomic E-state index is -4.01. The molecule has 1 aromatic rings. The van der Waals surface area contributed by atoms with E-state index in [1.165, 1.54) is 5.48 Å². The number of sulfone groups is 1. The first-order chi connectivity index (χ1) is 12.8. The van der Waals surface area contributed by atoms with Crippen LogP contribution < -0.4 is 16.0 Å². The van der Waals surface area contributed by atoms with Crippen molar-refractivity contribution in [3.05, 3.63) is 29.8 Å². The van der Waals surface area contributed by atoms with Crippen molar-refractivity contribution in [1.82, 2.24) is 5.48 Å². The van der Waals surface area contributed by atoms with E-state index in [9.17, 15) is 13.2 Å². The van der Waals surface area contributed by atoms with Crippen LogP contribution in [0.2, 0.25) is 0 Å². The number of carbonyl (C=O) groups excluding carboxylic acids is 1. The van der Waals surface area contributed by atoms with E-state index in [1.807, 2.05) is 6.92 Å². The monoisotopic (exact) mass is 400 g/mol. The Hall–Kier alpha value is -1.64. The van der Waals surface area contributed by atoms with Gasteiger partial charge in [-0.1, -0.05) is 57.2 Å². The van der Waals surface area contributed by atoms with E-state index in [1.54, 1.807) is 24.3 Å². The predicted octanol–water partition coefficient (Wildman–Crippen LogP) is 2.56. The maximum absolute atomic E-state index is 12.9. The number of hydroxylamine groups is 1. The standard InChI is InChI=1S/C19H32N2O5S/c1-3-5-6-7-8-11-14-27(24,25)19(20,18(22)21-23)15-16-12-9-10-13-17(16)26-4-2/h9-10,12-13,23H,3-8,11,14-15,20H2,1-2H3,(H,21,22). The molecule has 0 bridgehead atoms. The Labute approximate surface area is 162 Å². The molecule has 0 aliphatic carbocycles. The van der Waals surface area contributed by atoms with Crippen molar-refractivity contribution in [3.63, 3.8) is 0 Å². The fourth-order valence-corrected chi connectivity index (χ4v) is 4.56. The number of benzene rings is 1. The quantitative estimate of drug-likeness (QED) is 0.266. The van der Waals surface area contributed by atoms with Gasteiger partial charge in [0.15, 0.2) is 9.84 Å². The normalized spacial score (nSPS) is 13.8. The van der Waals surface area contributed by atoms with Gasteiger partial charge in [-0.05, 0) is 25.0 Å². The Morgan fingerprint density at radius 1 is 1.15 bits per heavy atom. The number of rotatable bonds is 13. The Morgan fingerprint density at radius 2 is 1.78 bits per heavy atom. The molecule has 0 aromatic heterocycles. The van der Waals surface area contributed by atoms with Crippen LogP contribution in [0.1, 0.15) is 57.9 Å². The van der Waals surface area contributed by atoms with Crippen LogP contribution in [-0.2, 0) is 21.1 Å². The molecular weight excluding hydrogens is 368 g/mol. The molecule has 0 radical (unpaired) electrons. The van der Waals surface area contributed by atoms with Crippen molar-refractivity contribution in [3.8, 4) is 5.75 Å². The number of para-hydroxylation sites is 1. The van der Waals surface area contributed by atoms with E-state index >= 15 is 0 Å². The molecule has 0 heterocycles. The first kappa shape index (κ1) is 23.4. The summed E-state index contributed by atoms with van der Waals surface area (Å²) in [6.45, 7) is 4.31. The molecule has 0 aliphatic heterocycles. The molecule has 1 atom stereocenters. The van der Waals surface area contributed by atoms with Gasteiger partial charge < -0.3 is 10.5 Å². The number of ether oxygens (including phenoxy) is 1. The molecule has 1 unspecified atom stereocenters. The van der Waals surface area contributed by atoms with Gasteiger partial charge in [0.2, 0.25) is 4.87 Å². The Balaban J connectivity index is 2.97. The number of nitrogens with two attached hydrogens (primary N) is 1.